The second-order valence-electron chi connectivity index (χ2n) is 9.98. The molecule has 36 heavy (non-hydrogen) atoms. The zero-order valence-electron chi connectivity index (χ0n) is 19.3. The summed E-state index contributed by atoms with van der Waals surface area (Å²) in [6.45, 7) is 0.308. The first kappa shape index (κ1) is 19.3. The van der Waals surface area contributed by atoms with Crippen molar-refractivity contribution in [3.63, 3.8) is 0 Å². The molecule has 0 N–H and O–H groups in total. The lowest BCUT2D eigenvalue weighted by molar-refractivity contribution is 0.0629. The summed E-state index contributed by atoms with van der Waals surface area (Å²) < 4.78 is 18.0. The molecule has 0 radical (unpaired) electrons. The molecule has 1 fully saturated rings. The predicted octanol–water partition coefficient (Wildman–Crippen LogP) is 7.83. The minimum Gasteiger partial charge on any atom is -0.469 e. The van der Waals surface area contributed by atoms with Crippen LogP contribution in [0, 0.1) is 0 Å². The van der Waals surface area contributed by atoms with Crippen LogP contribution in [0.3, 0.4) is 0 Å². The average molecular weight is 485 g/mol. The van der Waals surface area contributed by atoms with Gasteiger partial charge in [-0.05, 0) is 99.5 Å². The van der Waals surface area contributed by atoms with Gasteiger partial charge in [-0.25, -0.2) is 0 Å². The largest absolute Gasteiger partial charge is 0.469 e. The van der Waals surface area contributed by atoms with Gasteiger partial charge in [0.1, 0.15) is 17.6 Å². The Hall–Kier alpha value is -3.86. The van der Waals surface area contributed by atoms with Crippen LogP contribution in [-0.4, -0.2) is 12.9 Å². The zero-order valence-corrected chi connectivity index (χ0v) is 20.2. The van der Waals surface area contributed by atoms with E-state index in [2.05, 4.69) is 72.2 Å². The van der Waals surface area contributed by atoms with Gasteiger partial charge in [0.15, 0.2) is 6.79 Å². The van der Waals surface area contributed by atoms with Gasteiger partial charge in [0.25, 0.3) is 0 Å². The molecule has 1 saturated heterocycles. The van der Waals surface area contributed by atoms with Gasteiger partial charge in [-0.15, -0.1) is 11.3 Å². The first-order valence-corrected chi connectivity index (χ1v) is 13.2. The third kappa shape index (κ3) is 2.55. The van der Waals surface area contributed by atoms with E-state index in [-0.39, 0.29) is 6.10 Å². The molecular weight excluding hydrogens is 464 g/mol. The quantitative estimate of drug-likeness (QED) is 0.291. The van der Waals surface area contributed by atoms with E-state index in [1.165, 1.54) is 60.0 Å². The van der Waals surface area contributed by atoms with Gasteiger partial charge in [0.2, 0.25) is 0 Å². The second-order valence-corrected chi connectivity index (χ2v) is 10.9. The summed E-state index contributed by atoms with van der Waals surface area (Å²) in [6.07, 6.45) is 19.3. The van der Waals surface area contributed by atoms with Crippen molar-refractivity contribution in [2.24, 2.45) is 0 Å². The van der Waals surface area contributed by atoms with Crippen LogP contribution in [0.15, 0.2) is 87.6 Å². The molecule has 1 unspecified atom stereocenters. The lowest BCUT2D eigenvalue weighted by Crippen LogP contribution is -2.09. The van der Waals surface area contributed by atoms with Gasteiger partial charge in [0, 0.05) is 32.2 Å². The molecule has 2 aromatic carbocycles. The second kappa shape index (κ2) is 6.88. The Labute approximate surface area is 211 Å². The maximum absolute atomic E-state index is 6.35. The normalized spacial score (nSPS) is 21.0. The van der Waals surface area contributed by atoms with Crippen LogP contribution in [0.4, 0.5) is 0 Å². The molecule has 5 aliphatic rings. The van der Waals surface area contributed by atoms with Gasteiger partial charge in [-0.1, -0.05) is 24.3 Å². The fraction of sp³-hybridized carbons (Fsp3) is 0.125. The SMILES string of the molecule is C1=Cc2cc3coc(C4=CC5=CC6OCOC6=CC5=C4c4scc5cc6c(cc45)CC=C6)c3cc2C1. The van der Waals surface area contributed by atoms with Crippen molar-refractivity contribution in [2.45, 2.75) is 18.9 Å². The van der Waals surface area contributed by atoms with Gasteiger partial charge >= 0.3 is 0 Å². The van der Waals surface area contributed by atoms with Crippen molar-refractivity contribution in [1.29, 1.82) is 0 Å². The fourth-order valence-electron chi connectivity index (χ4n) is 6.22. The highest BCUT2D eigenvalue weighted by Crippen LogP contribution is 2.51. The third-order valence-corrected chi connectivity index (χ3v) is 9.01. The predicted molar refractivity (Wildman–Crippen MR) is 145 cm³/mol. The number of benzene rings is 2. The van der Waals surface area contributed by atoms with Gasteiger partial charge in [-0.2, -0.15) is 0 Å². The molecule has 1 aliphatic heterocycles. The number of thiophene rings is 1. The molecule has 172 valence electrons. The molecule has 0 spiro atoms. The fourth-order valence-corrected chi connectivity index (χ4v) is 7.30. The molecule has 3 nitrogen and oxygen atoms in total. The molecule has 4 aromatic rings. The molecule has 1 atom stereocenters. The Bertz CT molecular complexity index is 1860. The van der Waals surface area contributed by atoms with Crippen molar-refractivity contribution < 1.29 is 13.9 Å². The Morgan fingerprint density at radius 3 is 2.53 bits per heavy atom. The van der Waals surface area contributed by atoms with Crippen molar-refractivity contribution in [1.82, 2.24) is 0 Å². The molecule has 4 heteroatoms. The van der Waals surface area contributed by atoms with Crippen molar-refractivity contribution in [2.75, 3.05) is 6.79 Å². The van der Waals surface area contributed by atoms with E-state index in [1.807, 2.05) is 17.6 Å². The van der Waals surface area contributed by atoms with Gasteiger partial charge in [-0.3, -0.25) is 0 Å². The third-order valence-electron chi connectivity index (χ3n) is 7.98. The van der Waals surface area contributed by atoms with Crippen LogP contribution in [0.25, 0.3) is 44.8 Å². The van der Waals surface area contributed by atoms with Crippen LogP contribution in [0.1, 0.15) is 32.9 Å². The van der Waals surface area contributed by atoms with Gasteiger partial charge < -0.3 is 13.9 Å². The zero-order chi connectivity index (χ0) is 23.4. The number of fused-ring (bicyclic) bond motifs is 6. The smallest absolute Gasteiger partial charge is 0.189 e. The monoisotopic (exact) mass is 484 g/mol. The van der Waals surface area contributed by atoms with Crippen LogP contribution in [0.2, 0.25) is 0 Å². The van der Waals surface area contributed by atoms with E-state index in [4.69, 9.17) is 13.9 Å². The lowest BCUT2D eigenvalue weighted by atomic mass is 9.93. The topological polar surface area (TPSA) is 31.6 Å². The summed E-state index contributed by atoms with van der Waals surface area (Å²) in [5, 5.41) is 7.21. The molecule has 0 bridgehead atoms. The summed E-state index contributed by atoms with van der Waals surface area (Å²) in [7, 11) is 0. The van der Waals surface area contributed by atoms with Crippen molar-refractivity contribution in [3.8, 4) is 0 Å². The number of allylic oxidation sites excluding steroid dienone is 8. The molecule has 2 aromatic heterocycles. The Morgan fingerprint density at radius 1 is 0.861 bits per heavy atom. The standard InChI is InChI=1S/C32H20O3S/c1-3-17-7-22-14-33-31(25(22)9-19(17)5-1)27-11-21-12-28-29(35-16-34-28)13-24(21)30(27)32-26-10-20-6-2-4-18(20)8-23(26)15-36-32/h1-4,7-15,28H,5-6,16H2. The molecule has 9 rings (SSSR count). The maximum Gasteiger partial charge on any atom is 0.189 e. The lowest BCUT2D eigenvalue weighted by Gasteiger charge is -2.15. The van der Waals surface area contributed by atoms with E-state index < -0.39 is 0 Å². The summed E-state index contributed by atoms with van der Waals surface area (Å²) >= 11 is 1.82. The van der Waals surface area contributed by atoms with E-state index in [0.717, 1.165) is 35.3 Å². The highest BCUT2D eigenvalue weighted by atomic mass is 32.1. The molecule has 0 amide bonds. The Morgan fingerprint density at radius 2 is 1.67 bits per heavy atom. The van der Waals surface area contributed by atoms with E-state index in [1.54, 1.807) is 0 Å². The van der Waals surface area contributed by atoms with Crippen LogP contribution in [0.5, 0.6) is 0 Å². The van der Waals surface area contributed by atoms with Crippen LogP contribution in [-0.2, 0) is 22.3 Å². The minimum absolute atomic E-state index is 0.113. The number of rotatable bonds is 2. The Kier molecular flexibility index (Phi) is 3.69. The average Bonchev–Trinajstić information content (AvgIpc) is 3.71. The van der Waals surface area contributed by atoms with E-state index in [0.29, 0.717) is 6.79 Å². The Balaban J connectivity index is 1.30. The molecule has 0 saturated carbocycles. The minimum atomic E-state index is -0.113. The molecule has 4 aliphatic carbocycles. The van der Waals surface area contributed by atoms with Crippen LogP contribution >= 0.6 is 11.3 Å². The van der Waals surface area contributed by atoms with Crippen molar-refractivity contribution >= 4 is 56.2 Å². The summed E-state index contributed by atoms with van der Waals surface area (Å²) in [5.41, 5.74) is 10.1. The van der Waals surface area contributed by atoms with Crippen molar-refractivity contribution in [3.05, 3.63) is 116 Å². The number of ether oxygens (including phenoxy) is 2. The highest BCUT2D eigenvalue weighted by Gasteiger charge is 2.34. The highest BCUT2D eigenvalue weighted by molar-refractivity contribution is 7.13. The number of furan rings is 1. The number of hydrogen-bond acceptors (Lipinski definition) is 4. The van der Waals surface area contributed by atoms with Crippen LogP contribution < -0.4 is 0 Å². The molecular formula is C32H20O3S. The van der Waals surface area contributed by atoms with E-state index in [9.17, 15) is 0 Å². The first-order valence-electron chi connectivity index (χ1n) is 12.4. The van der Waals surface area contributed by atoms with E-state index >= 15 is 0 Å². The summed E-state index contributed by atoms with van der Waals surface area (Å²) in [4.78, 5) is 1.28. The maximum atomic E-state index is 6.35. The summed E-state index contributed by atoms with van der Waals surface area (Å²) in [5.74, 6) is 1.83. The van der Waals surface area contributed by atoms with Gasteiger partial charge in [0.05, 0.1) is 6.26 Å². The number of hydrogen-bond donors (Lipinski definition) is 0. The molecule has 3 heterocycles. The summed E-state index contributed by atoms with van der Waals surface area (Å²) in [6, 6.07) is 9.28. The first-order chi connectivity index (χ1) is 17.8.